The maximum Gasteiger partial charge on any atom is 0.144 e. The minimum Gasteiger partial charge on any atom is -0.497 e. The maximum atomic E-state index is 9.30. The van der Waals surface area contributed by atoms with Crippen molar-refractivity contribution in [1.29, 1.82) is 5.26 Å². The van der Waals surface area contributed by atoms with Crippen molar-refractivity contribution in [2.24, 2.45) is 0 Å². The van der Waals surface area contributed by atoms with Crippen LogP contribution in [0.5, 0.6) is 5.75 Å². The summed E-state index contributed by atoms with van der Waals surface area (Å²) in [7, 11) is 1.65. The molecule has 0 saturated carbocycles. The van der Waals surface area contributed by atoms with Gasteiger partial charge >= 0.3 is 0 Å². The summed E-state index contributed by atoms with van der Waals surface area (Å²) in [5.41, 5.74) is 3.55. The molecule has 0 aliphatic heterocycles. The summed E-state index contributed by atoms with van der Waals surface area (Å²) in [5, 5.41) is 12.6. The molecule has 1 atom stereocenters. The van der Waals surface area contributed by atoms with Crippen LogP contribution in [0.3, 0.4) is 0 Å². The van der Waals surface area contributed by atoms with Gasteiger partial charge < -0.3 is 10.1 Å². The van der Waals surface area contributed by atoms with Crippen molar-refractivity contribution in [2.75, 3.05) is 12.4 Å². The van der Waals surface area contributed by atoms with Crippen molar-refractivity contribution in [3.05, 3.63) is 52.7 Å². The van der Waals surface area contributed by atoms with E-state index in [1.54, 1.807) is 7.11 Å². The van der Waals surface area contributed by atoms with E-state index in [9.17, 15) is 5.26 Å². The smallest absolute Gasteiger partial charge is 0.144 e. The van der Waals surface area contributed by atoms with Crippen molar-refractivity contribution >= 4 is 5.82 Å². The molecule has 108 valence electrons. The average Bonchev–Trinajstić information content (AvgIpc) is 2.47. The molecule has 0 radical (unpaired) electrons. The number of ether oxygens (including phenoxy) is 1. The Hall–Kier alpha value is -2.54. The van der Waals surface area contributed by atoms with Gasteiger partial charge in [0, 0.05) is 11.7 Å². The van der Waals surface area contributed by atoms with Crippen LogP contribution < -0.4 is 10.1 Å². The number of aromatic nitrogens is 1. The fraction of sp³-hybridized carbons (Fsp3) is 0.294. The summed E-state index contributed by atoms with van der Waals surface area (Å²) < 4.78 is 5.16. The Morgan fingerprint density at radius 3 is 2.48 bits per heavy atom. The zero-order valence-corrected chi connectivity index (χ0v) is 12.8. The maximum absolute atomic E-state index is 9.30. The van der Waals surface area contributed by atoms with E-state index in [0.29, 0.717) is 11.4 Å². The molecule has 0 aliphatic carbocycles. The van der Waals surface area contributed by atoms with Crippen LogP contribution in [0.1, 0.15) is 35.3 Å². The number of aryl methyl sites for hydroxylation is 2. The van der Waals surface area contributed by atoms with Gasteiger partial charge in [0.15, 0.2) is 0 Å². The Morgan fingerprint density at radius 2 is 1.90 bits per heavy atom. The van der Waals surface area contributed by atoms with Crippen LogP contribution in [0.25, 0.3) is 0 Å². The molecule has 0 fully saturated rings. The van der Waals surface area contributed by atoms with Crippen LogP contribution in [-0.4, -0.2) is 12.1 Å². The number of nitrogens with one attached hydrogen (secondary N) is 1. The Balaban J connectivity index is 2.26. The Kier molecular flexibility index (Phi) is 4.44. The van der Waals surface area contributed by atoms with E-state index < -0.39 is 0 Å². The van der Waals surface area contributed by atoms with Crippen LogP contribution in [0.15, 0.2) is 30.3 Å². The lowest BCUT2D eigenvalue weighted by Crippen LogP contribution is -2.10. The standard InChI is InChI=1S/C17H19N3O/c1-11-9-12(2)19-17(16(11)10-18)20-13(3)14-5-7-15(21-4)8-6-14/h5-9,13H,1-4H3,(H,19,20). The predicted octanol–water partition coefficient (Wildman–Crippen LogP) is 3.75. The topological polar surface area (TPSA) is 57.9 Å². The van der Waals surface area contributed by atoms with Crippen LogP contribution in [0, 0.1) is 25.2 Å². The van der Waals surface area contributed by atoms with Crippen molar-refractivity contribution in [3.8, 4) is 11.8 Å². The van der Waals surface area contributed by atoms with Crippen LogP contribution >= 0.6 is 0 Å². The zero-order chi connectivity index (χ0) is 15.4. The Morgan fingerprint density at radius 1 is 1.24 bits per heavy atom. The minimum absolute atomic E-state index is 0.0525. The molecule has 1 aromatic carbocycles. The number of rotatable bonds is 4. The summed E-state index contributed by atoms with van der Waals surface area (Å²) in [6.45, 7) is 5.90. The molecule has 21 heavy (non-hydrogen) atoms. The molecule has 1 aromatic heterocycles. The van der Waals surface area contributed by atoms with E-state index >= 15 is 0 Å². The third-order valence-electron chi connectivity index (χ3n) is 3.43. The molecule has 2 rings (SSSR count). The van der Waals surface area contributed by atoms with Crippen molar-refractivity contribution in [3.63, 3.8) is 0 Å². The van der Waals surface area contributed by atoms with E-state index in [4.69, 9.17) is 4.74 Å². The number of pyridine rings is 1. The molecular formula is C17H19N3O. The lowest BCUT2D eigenvalue weighted by Gasteiger charge is -2.17. The Bertz CT molecular complexity index is 672. The normalized spacial score (nSPS) is 11.6. The van der Waals surface area contributed by atoms with Gasteiger partial charge in [-0.15, -0.1) is 0 Å². The number of anilines is 1. The molecule has 2 aromatic rings. The third kappa shape index (κ3) is 3.32. The number of methoxy groups -OCH3 is 1. The van der Waals surface area contributed by atoms with Gasteiger partial charge in [-0.25, -0.2) is 4.98 Å². The number of hydrogen-bond acceptors (Lipinski definition) is 4. The molecular weight excluding hydrogens is 262 g/mol. The largest absolute Gasteiger partial charge is 0.497 e. The lowest BCUT2D eigenvalue weighted by molar-refractivity contribution is 0.414. The molecule has 0 spiro atoms. The number of nitriles is 1. The molecule has 0 aliphatic rings. The van der Waals surface area contributed by atoms with Crippen molar-refractivity contribution in [2.45, 2.75) is 26.8 Å². The van der Waals surface area contributed by atoms with Crippen molar-refractivity contribution < 1.29 is 4.74 Å². The second kappa shape index (κ2) is 6.27. The minimum atomic E-state index is 0.0525. The van der Waals surface area contributed by atoms with E-state index in [2.05, 4.69) is 16.4 Å². The third-order valence-corrected chi connectivity index (χ3v) is 3.43. The van der Waals surface area contributed by atoms with E-state index in [1.807, 2.05) is 51.1 Å². The van der Waals surface area contributed by atoms with Crippen molar-refractivity contribution in [1.82, 2.24) is 4.98 Å². The van der Waals surface area contributed by atoms with Gasteiger partial charge in [0.1, 0.15) is 17.6 Å². The fourth-order valence-electron chi connectivity index (χ4n) is 2.26. The van der Waals surface area contributed by atoms with Gasteiger partial charge in [-0.05, 0) is 50.1 Å². The number of nitrogens with zero attached hydrogens (tertiary/aromatic N) is 2. The Labute approximate surface area is 125 Å². The summed E-state index contributed by atoms with van der Waals surface area (Å²) in [4.78, 5) is 4.45. The lowest BCUT2D eigenvalue weighted by atomic mass is 10.1. The molecule has 1 heterocycles. The summed E-state index contributed by atoms with van der Waals surface area (Å²) in [5.74, 6) is 1.46. The fourth-order valence-corrected chi connectivity index (χ4v) is 2.26. The second-order valence-electron chi connectivity index (χ2n) is 5.06. The first-order valence-corrected chi connectivity index (χ1v) is 6.84. The van der Waals surface area contributed by atoms with Gasteiger partial charge in [-0.2, -0.15) is 5.26 Å². The van der Waals surface area contributed by atoms with E-state index in [0.717, 1.165) is 22.6 Å². The highest BCUT2D eigenvalue weighted by atomic mass is 16.5. The van der Waals surface area contributed by atoms with E-state index in [-0.39, 0.29) is 6.04 Å². The highest BCUT2D eigenvalue weighted by Gasteiger charge is 2.12. The number of hydrogen-bond donors (Lipinski definition) is 1. The average molecular weight is 281 g/mol. The number of benzene rings is 1. The summed E-state index contributed by atoms with van der Waals surface area (Å²) >= 11 is 0. The predicted molar refractivity (Wildman–Crippen MR) is 83.5 cm³/mol. The molecule has 4 heteroatoms. The molecule has 4 nitrogen and oxygen atoms in total. The zero-order valence-electron chi connectivity index (χ0n) is 12.8. The first-order chi connectivity index (χ1) is 10.0. The first-order valence-electron chi connectivity index (χ1n) is 6.84. The molecule has 1 unspecified atom stereocenters. The highest BCUT2D eigenvalue weighted by molar-refractivity contribution is 5.57. The first kappa shape index (κ1) is 14.9. The molecule has 0 amide bonds. The van der Waals surface area contributed by atoms with Crippen LogP contribution in [0.2, 0.25) is 0 Å². The quantitative estimate of drug-likeness (QED) is 0.927. The van der Waals surface area contributed by atoms with Gasteiger partial charge in [-0.3, -0.25) is 0 Å². The summed E-state index contributed by atoms with van der Waals surface area (Å²) in [6.07, 6.45) is 0. The van der Waals surface area contributed by atoms with Gasteiger partial charge in [0.25, 0.3) is 0 Å². The van der Waals surface area contributed by atoms with Gasteiger partial charge in [0.2, 0.25) is 0 Å². The SMILES string of the molecule is COc1ccc(C(C)Nc2nc(C)cc(C)c2C#N)cc1. The summed E-state index contributed by atoms with van der Waals surface area (Å²) in [6, 6.07) is 12.1. The monoisotopic (exact) mass is 281 g/mol. The molecule has 0 saturated heterocycles. The molecule has 1 N–H and O–H groups in total. The second-order valence-corrected chi connectivity index (χ2v) is 5.06. The van der Waals surface area contributed by atoms with Gasteiger partial charge in [0.05, 0.1) is 12.7 Å². The van der Waals surface area contributed by atoms with Crippen LogP contribution in [-0.2, 0) is 0 Å². The highest BCUT2D eigenvalue weighted by Crippen LogP contribution is 2.24. The van der Waals surface area contributed by atoms with Gasteiger partial charge in [-0.1, -0.05) is 12.1 Å². The molecule has 0 bridgehead atoms. The van der Waals surface area contributed by atoms with Crippen LogP contribution in [0.4, 0.5) is 5.82 Å². The van der Waals surface area contributed by atoms with E-state index in [1.165, 1.54) is 0 Å².